The van der Waals surface area contributed by atoms with Crippen LogP contribution in [0.4, 0.5) is 5.69 Å². The van der Waals surface area contributed by atoms with E-state index in [2.05, 4.69) is 40.5 Å². The van der Waals surface area contributed by atoms with E-state index in [9.17, 15) is 0 Å². The predicted octanol–water partition coefficient (Wildman–Crippen LogP) is 2.69. The lowest BCUT2D eigenvalue weighted by atomic mass is 9.91. The highest BCUT2D eigenvalue weighted by molar-refractivity contribution is 7.80. The average molecular weight is 232 g/mol. The van der Waals surface area contributed by atoms with Gasteiger partial charge in [0, 0.05) is 11.7 Å². The number of benzene rings is 1. The normalized spacial score (nSPS) is 28.8. The van der Waals surface area contributed by atoms with Crippen molar-refractivity contribution in [3.63, 3.8) is 0 Å². The van der Waals surface area contributed by atoms with Crippen LogP contribution in [0.3, 0.4) is 0 Å². The number of para-hydroxylation sites is 1. The van der Waals surface area contributed by atoms with Crippen LogP contribution < -0.4 is 10.2 Å². The second-order valence-corrected chi connectivity index (χ2v) is 5.00. The minimum absolute atomic E-state index is 0.571. The maximum absolute atomic E-state index is 5.45. The van der Waals surface area contributed by atoms with Gasteiger partial charge in [0.15, 0.2) is 5.11 Å². The summed E-state index contributed by atoms with van der Waals surface area (Å²) in [6.07, 6.45) is 5.18. The molecule has 84 valence electrons. The molecule has 1 aliphatic heterocycles. The summed E-state index contributed by atoms with van der Waals surface area (Å²) in [6, 6.07) is 11.6. The molecule has 1 saturated heterocycles. The Morgan fingerprint density at radius 2 is 1.88 bits per heavy atom. The zero-order chi connectivity index (χ0) is 11.0. The number of thiocarbonyl (C=S) groups is 1. The first kappa shape index (κ1) is 10.1. The Morgan fingerprint density at radius 1 is 1.12 bits per heavy atom. The molecule has 0 unspecified atom stereocenters. The first-order valence-corrected chi connectivity index (χ1v) is 6.42. The fraction of sp³-hybridized carbons (Fsp3) is 0.462. The van der Waals surface area contributed by atoms with E-state index >= 15 is 0 Å². The number of fused-ring (bicyclic) bond motifs is 1. The minimum atomic E-state index is 0.571. The molecule has 1 heterocycles. The van der Waals surface area contributed by atoms with Crippen LogP contribution in [0.15, 0.2) is 30.3 Å². The van der Waals surface area contributed by atoms with E-state index < -0.39 is 0 Å². The summed E-state index contributed by atoms with van der Waals surface area (Å²) in [5.41, 5.74) is 1.23. The number of hydrogen-bond acceptors (Lipinski definition) is 1. The van der Waals surface area contributed by atoms with E-state index in [-0.39, 0.29) is 0 Å². The van der Waals surface area contributed by atoms with Crippen LogP contribution in [0.2, 0.25) is 0 Å². The maximum atomic E-state index is 5.45. The van der Waals surface area contributed by atoms with E-state index in [1.165, 1.54) is 31.4 Å². The van der Waals surface area contributed by atoms with Crippen molar-refractivity contribution in [3.8, 4) is 0 Å². The van der Waals surface area contributed by atoms with Crippen LogP contribution in [0.1, 0.15) is 25.7 Å². The predicted molar refractivity (Wildman–Crippen MR) is 70.7 cm³/mol. The molecule has 1 N–H and O–H groups in total. The molecule has 0 amide bonds. The highest BCUT2D eigenvalue weighted by Crippen LogP contribution is 2.31. The van der Waals surface area contributed by atoms with E-state index in [0.717, 1.165) is 5.11 Å². The zero-order valence-corrected chi connectivity index (χ0v) is 10.0. The fourth-order valence-electron chi connectivity index (χ4n) is 2.86. The van der Waals surface area contributed by atoms with Crippen molar-refractivity contribution in [2.75, 3.05) is 4.90 Å². The largest absolute Gasteiger partial charge is 0.357 e. The van der Waals surface area contributed by atoms with Crippen molar-refractivity contribution in [1.82, 2.24) is 5.32 Å². The molecule has 1 saturated carbocycles. The summed E-state index contributed by atoms with van der Waals surface area (Å²) >= 11 is 5.45. The van der Waals surface area contributed by atoms with Gasteiger partial charge in [-0.05, 0) is 37.2 Å². The molecule has 3 rings (SSSR count). The van der Waals surface area contributed by atoms with Crippen molar-refractivity contribution in [2.45, 2.75) is 37.8 Å². The van der Waals surface area contributed by atoms with Crippen molar-refractivity contribution in [2.24, 2.45) is 0 Å². The van der Waals surface area contributed by atoms with Gasteiger partial charge in [-0.15, -0.1) is 0 Å². The topological polar surface area (TPSA) is 15.3 Å². The number of nitrogens with one attached hydrogen (secondary N) is 1. The Hall–Kier alpha value is -1.09. The van der Waals surface area contributed by atoms with Gasteiger partial charge in [-0.1, -0.05) is 31.0 Å². The maximum Gasteiger partial charge on any atom is 0.174 e. The molecule has 0 bridgehead atoms. The SMILES string of the molecule is S=C1N[C@@H]2CCCC[C@H]2N1c1ccccc1. The van der Waals surface area contributed by atoms with E-state index in [1.54, 1.807) is 0 Å². The van der Waals surface area contributed by atoms with Crippen LogP contribution in [0, 0.1) is 0 Å². The third kappa shape index (κ3) is 1.59. The van der Waals surface area contributed by atoms with Crippen LogP contribution in [-0.2, 0) is 0 Å². The number of hydrogen-bond donors (Lipinski definition) is 1. The number of nitrogens with zero attached hydrogens (tertiary/aromatic N) is 1. The van der Waals surface area contributed by atoms with Crippen molar-refractivity contribution in [1.29, 1.82) is 0 Å². The van der Waals surface area contributed by atoms with E-state index in [1.807, 2.05) is 0 Å². The molecule has 1 aliphatic carbocycles. The van der Waals surface area contributed by atoms with Gasteiger partial charge >= 0.3 is 0 Å². The van der Waals surface area contributed by atoms with Crippen LogP contribution in [-0.4, -0.2) is 17.2 Å². The Balaban J connectivity index is 1.91. The van der Waals surface area contributed by atoms with Crippen molar-refractivity contribution >= 4 is 23.0 Å². The van der Waals surface area contributed by atoms with Gasteiger partial charge in [0.05, 0.1) is 6.04 Å². The van der Waals surface area contributed by atoms with Crippen LogP contribution in [0.5, 0.6) is 0 Å². The fourth-order valence-corrected chi connectivity index (χ4v) is 3.26. The standard InChI is InChI=1S/C13H16N2S/c16-13-14-11-8-4-5-9-12(11)15(13)10-6-2-1-3-7-10/h1-3,6-7,11-12H,4-5,8-9H2,(H,14,16)/t11-,12-/m1/s1. The number of anilines is 1. The summed E-state index contributed by atoms with van der Waals surface area (Å²) in [4.78, 5) is 2.30. The van der Waals surface area contributed by atoms with Gasteiger partial charge < -0.3 is 10.2 Å². The smallest absolute Gasteiger partial charge is 0.174 e. The van der Waals surface area contributed by atoms with Gasteiger partial charge in [-0.2, -0.15) is 0 Å². The molecule has 0 spiro atoms. The molecule has 0 radical (unpaired) electrons. The molecular formula is C13H16N2S. The quantitative estimate of drug-likeness (QED) is 0.749. The molecule has 0 aromatic heterocycles. The first-order chi connectivity index (χ1) is 7.86. The van der Waals surface area contributed by atoms with Gasteiger partial charge in [0.25, 0.3) is 0 Å². The summed E-state index contributed by atoms with van der Waals surface area (Å²) in [7, 11) is 0. The molecule has 2 atom stereocenters. The zero-order valence-electron chi connectivity index (χ0n) is 9.23. The second kappa shape index (κ2) is 4.06. The monoisotopic (exact) mass is 232 g/mol. The van der Waals surface area contributed by atoms with Gasteiger partial charge in [0.1, 0.15) is 0 Å². The third-order valence-corrected chi connectivity index (χ3v) is 3.94. The second-order valence-electron chi connectivity index (χ2n) is 4.61. The Morgan fingerprint density at radius 3 is 2.69 bits per heavy atom. The molecule has 2 aliphatic rings. The van der Waals surface area contributed by atoms with E-state index in [0.29, 0.717) is 12.1 Å². The molecule has 3 heteroatoms. The lowest BCUT2D eigenvalue weighted by Gasteiger charge is -2.30. The molecular weight excluding hydrogens is 216 g/mol. The Kier molecular flexibility index (Phi) is 2.56. The van der Waals surface area contributed by atoms with Gasteiger partial charge in [-0.25, -0.2) is 0 Å². The highest BCUT2D eigenvalue weighted by Gasteiger charge is 2.38. The molecule has 1 aromatic carbocycles. The highest BCUT2D eigenvalue weighted by atomic mass is 32.1. The van der Waals surface area contributed by atoms with Crippen LogP contribution >= 0.6 is 12.2 Å². The van der Waals surface area contributed by atoms with Crippen LogP contribution in [0.25, 0.3) is 0 Å². The Labute approximate surface area is 102 Å². The summed E-state index contributed by atoms with van der Waals surface area (Å²) in [6.45, 7) is 0. The molecule has 1 aromatic rings. The lowest BCUT2D eigenvalue weighted by molar-refractivity contribution is 0.390. The van der Waals surface area contributed by atoms with Gasteiger partial charge in [-0.3, -0.25) is 0 Å². The summed E-state index contributed by atoms with van der Waals surface area (Å²) < 4.78 is 0. The lowest BCUT2D eigenvalue weighted by Crippen LogP contribution is -2.38. The van der Waals surface area contributed by atoms with E-state index in [4.69, 9.17) is 12.2 Å². The number of rotatable bonds is 1. The van der Waals surface area contributed by atoms with Gasteiger partial charge in [0.2, 0.25) is 0 Å². The van der Waals surface area contributed by atoms with Crippen molar-refractivity contribution < 1.29 is 0 Å². The third-order valence-electron chi connectivity index (χ3n) is 3.62. The summed E-state index contributed by atoms with van der Waals surface area (Å²) in [5.74, 6) is 0. The Bertz CT molecular complexity index is 390. The van der Waals surface area contributed by atoms with Crippen molar-refractivity contribution in [3.05, 3.63) is 30.3 Å². The minimum Gasteiger partial charge on any atom is -0.357 e. The molecule has 2 nitrogen and oxygen atoms in total. The molecule has 16 heavy (non-hydrogen) atoms. The molecule has 2 fully saturated rings. The average Bonchev–Trinajstić information content (AvgIpc) is 2.66. The first-order valence-electron chi connectivity index (χ1n) is 6.01. The summed E-state index contributed by atoms with van der Waals surface area (Å²) in [5, 5.41) is 4.37.